The van der Waals surface area contributed by atoms with Gasteiger partial charge >= 0.3 is 0 Å². The second kappa shape index (κ2) is 9.97. The molecule has 0 spiro atoms. The highest BCUT2D eigenvalue weighted by Crippen LogP contribution is 2.43. The van der Waals surface area contributed by atoms with Crippen LogP contribution >= 0.6 is 23.5 Å². The zero-order valence-electron chi connectivity index (χ0n) is 19.7. The van der Waals surface area contributed by atoms with Crippen LogP contribution in [0.3, 0.4) is 0 Å². The molecule has 2 aliphatic rings. The third-order valence-electron chi connectivity index (χ3n) is 5.88. The van der Waals surface area contributed by atoms with Gasteiger partial charge < -0.3 is 19.0 Å². The molecule has 2 fully saturated rings. The molecule has 4 nitrogen and oxygen atoms in total. The van der Waals surface area contributed by atoms with Crippen molar-refractivity contribution in [2.45, 2.75) is 108 Å². The van der Waals surface area contributed by atoms with Crippen molar-refractivity contribution in [3.8, 4) is 0 Å². The molecule has 0 amide bonds. The van der Waals surface area contributed by atoms with E-state index in [0.717, 1.165) is 11.5 Å². The van der Waals surface area contributed by atoms with Crippen LogP contribution in [0.25, 0.3) is 0 Å². The van der Waals surface area contributed by atoms with Crippen LogP contribution in [-0.4, -0.2) is 59.7 Å². The minimum atomic E-state index is -2.04. The number of thioether (sulfide) groups is 2. The van der Waals surface area contributed by atoms with Gasteiger partial charge in [0.15, 0.2) is 14.1 Å². The van der Waals surface area contributed by atoms with Crippen molar-refractivity contribution in [1.29, 1.82) is 0 Å². The molecule has 29 heavy (non-hydrogen) atoms. The van der Waals surface area contributed by atoms with E-state index in [1.54, 1.807) is 0 Å². The molecule has 0 aliphatic carbocycles. The van der Waals surface area contributed by atoms with Gasteiger partial charge in [0, 0.05) is 0 Å². The second-order valence-corrected chi connectivity index (χ2v) is 18.0. The number of ether oxygens (including phenoxy) is 2. The summed E-state index contributed by atoms with van der Waals surface area (Å²) in [6, 6.07) is 0. The van der Waals surface area contributed by atoms with E-state index in [4.69, 9.17) is 13.9 Å². The predicted molar refractivity (Wildman–Crippen MR) is 129 cm³/mol. The maximum absolute atomic E-state index is 11.2. The van der Waals surface area contributed by atoms with Crippen molar-refractivity contribution in [3.05, 3.63) is 12.2 Å². The normalized spacial score (nSPS) is 28.9. The van der Waals surface area contributed by atoms with Crippen molar-refractivity contribution in [2.75, 3.05) is 11.5 Å². The summed E-state index contributed by atoms with van der Waals surface area (Å²) >= 11 is 3.67. The summed E-state index contributed by atoms with van der Waals surface area (Å²) < 4.78 is 19.6. The molecule has 7 heteroatoms. The number of aliphatic hydroxyl groups excluding tert-OH is 1. The van der Waals surface area contributed by atoms with Gasteiger partial charge in [0.1, 0.15) is 18.3 Å². The summed E-state index contributed by atoms with van der Waals surface area (Å²) in [5.74, 6) is 1.87. The number of hydrogen-bond acceptors (Lipinski definition) is 6. The van der Waals surface area contributed by atoms with Crippen molar-refractivity contribution in [1.82, 2.24) is 0 Å². The number of aliphatic hydroxyl groups is 1. The molecule has 0 aromatic carbocycles. The van der Waals surface area contributed by atoms with Crippen LogP contribution in [-0.2, 0) is 13.9 Å². The summed E-state index contributed by atoms with van der Waals surface area (Å²) in [7, 11) is -2.04. The van der Waals surface area contributed by atoms with Crippen LogP contribution in [0.2, 0.25) is 18.1 Å². The van der Waals surface area contributed by atoms with Gasteiger partial charge in [-0.1, -0.05) is 46.8 Å². The van der Waals surface area contributed by atoms with Crippen molar-refractivity contribution < 1.29 is 19.0 Å². The highest BCUT2D eigenvalue weighted by atomic mass is 32.2. The zero-order chi connectivity index (χ0) is 22.0. The number of hydrogen-bond donors (Lipinski definition) is 1. The third kappa shape index (κ3) is 6.99. The largest absolute Gasteiger partial charge is 0.408 e. The van der Waals surface area contributed by atoms with E-state index in [0.29, 0.717) is 5.92 Å². The topological polar surface area (TPSA) is 47.9 Å². The summed E-state index contributed by atoms with van der Waals surface area (Å²) in [5, 5.41) is 11.3. The van der Waals surface area contributed by atoms with Crippen LogP contribution in [0.1, 0.15) is 54.9 Å². The molecular formula is C22H42O4S2Si. The van der Waals surface area contributed by atoms with Crippen LogP contribution in [0, 0.1) is 5.92 Å². The van der Waals surface area contributed by atoms with Crippen LogP contribution in [0.5, 0.6) is 0 Å². The van der Waals surface area contributed by atoms with Gasteiger partial charge in [-0.2, -0.15) is 0 Å². The van der Waals surface area contributed by atoms with Gasteiger partial charge in [0.25, 0.3) is 0 Å². The molecule has 2 heterocycles. The van der Waals surface area contributed by atoms with Crippen molar-refractivity contribution >= 4 is 31.8 Å². The monoisotopic (exact) mass is 462 g/mol. The summed E-state index contributed by atoms with van der Waals surface area (Å²) in [6.07, 6.45) is 3.96. The molecule has 1 N–H and O–H groups in total. The summed E-state index contributed by atoms with van der Waals surface area (Å²) in [4.78, 5) is 0. The van der Waals surface area contributed by atoms with E-state index >= 15 is 0 Å². The Hall–Kier alpha value is 0.497. The first-order valence-corrected chi connectivity index (χ1v) is 15.9. The minimum Gasteiger partial charge on any atom is -0.408 e. The molecule has 2 saturated heterocycles. The van der Waals surface area contributed by atoms with Crippen LogP contribution < -0.4 is 0 Å². The maximum atomic E-state index is 11.2. The summed E-state index contributed by atoms with van der Waals surface area (Å²) in [5.41, 5.74) is 0. The smallest absolute Gasteiger partial charge is 0.193 e. The van der Waals surface area contributed by atoms with Gasteiger partial charge in [-0.3, -0.25) is 0 Å². The lowest BCUT2D eigenvalue weighted by molar-refractivity contribution is -0.157. The zero-order valence-corrected chi connectivity index (χ0v) is 22.4. The second-order valence-electron chi connectivity index (χ2n) is 10.5. The average Bonchev–Trinajstić information content (AvgIpc) is 2.93. The summed E-state index contributed by atoms with van der Waals surface area (Å²) in [6.45, 7) is 19.5. The lowest BCUT2D eigenvalue weighted by Crippen LogP contribution is -2.51. The van der Waals surface area contributed by atoms with Crippen LogP contribution in [0.15, 0.2) is 12.2 Å². The minimum absolute atomic E-state index is 0.0923. The molecule has 0 radical (unpaired) electrons. The van der Waals surface area contributed by atoms with Crippen molar-refractivity contribution in [3.63, 3.8) is 0 Å². The molecule has 2 aliphatic heterocycles. The van der Waals surface area contributed by atoms with E-state index in [-0.39, 0.29) is 21.8 Å². The predicted octanol–water partition coefficient (Wildman–Crippen LogP) is 5.67. The first-order chi connectivity index (χ1) is 13.2. The fourth-order valence-electron chi connectivity index (χ4n) is 3.26. The quantitative estimate of drug-likeness (QED) is 0.389. The number of allylic oxidation sites excluding steroid dienone is 1. The Kier molecular flexibility index (Phi) is 8.85. The Labute approximate surface area is 188 Å². The molecule has 2 rings (SSSR count). The Morgan fingerprint density at radius 1 is 1.07 bits per heavy atom. The van der Waals surface area contributed by atoms with Crippen molar-refractivity contribution in [2.24, 2.45) is 5.92 Å². The molecule has 0 saturated carbocycles. The van der Waals surface area contributed by atoms with Gasteiger partial charge in [0.05, 0.1) is 10.7 Å². The van der Waals surface area contributed by atoms with E-state index in [1.165, 1.54) is 6.42 Å². The molecule has 0 bridgehead atoms. The van der Waals surface area contributed by atoms with Gasteiger partial charge in [-0.25, -0.2) is 0 Å². The fraction of sp³-hybridized carbons (Fsp3) is 0.909. The lowest BCUT2D eigenvalue weighted by Gasteiger charge is -2.41. The van der Waals surface area contributed by atoms with E-state index < -0.39 is 26.3 Å². The molecule has 0 unspecified atom stereocenters. The first-order valence-electron chi connectivity index (χ1n) is 10.9. The number of rotatable bonds is 7. The Morgan fingerprint density at radius 2 is 1.62 bits per heavy atom. The van der Waals surface area contributed by atoms with E-state index in [1.807, 2.05) is 37.4 Å². The van der Waals surface area contributed by atoms with E-state index in [9.17, 15) is 5.11 Å². The van der Waals surface area contributed by atoms with Gasteiger partial charge in [0.2, 0.25) is 0 Å². The van der Waals surface area contributed by atoms with Crippen LogP contribution in [0.4, 0.5) is 0 Å². The Bertz CT molecular complexity index is 554. The molecular weight excluding hydrogens is 420 g/mol. The SMILES string of the molecule is CC(C)/C=C/[C@@H](O[Si](C)(C)C(C)(C)C)[C@@H]1OC(C)(C)O[C@H]1[C@H](O)C1SCCCS1. The van der Waals surface area contributed by atoms with Gasteiger partial charge in [-0.15, -0.1) is 23.5 Å². The fourth-order valence-corrected chi connectivity index (χ4v) is 7.44. The standard InChI is InChI=1S/C22H42O4S2Si/c1-15(2)11-12-16(26-29(8,9)21(3,4)5)18-19(25-22(6,7)24-18)17(23)20-27-13-10-14-28-20/h11-12,15-20,23H,10,13-14H2,1-9H3/b12-11+/t16-,17+,18+,19+/m1/s1. The Morgan fingerprint density at radius 3 is 2.14 bits per heavy atom. The first kappa shape index (κ1) is 25.8. The van der Waals surface area contributed by atoms with E-state index in [2.05, 4.69) is 59.9 Å². The molecule has 170 valence electrons. The highest BCUT2D eigenvalue weighted by molar-refractivity contribution is 8.17. The molecule has 0 aromatic rings. The molecule has 4 atom stereocenters. The average molecular weight is 463 g/mol. The molecule has 0 aromatic heterocycles. The third-order valence-corrected chi connectivity index (χ3v) is 13.4. The maximum Gasteiger partial charge on any atom is 0.193 e. The lowest BCUT2D eigenvalue weighted by atomic mass is 10.0. The highest BCUT2D eigenvalue weighted by Gasteiger charge is 2.52. The van der Waals surface area contributed by atoms with Gasteiger partial charge in [-0.05, 0) is 55.8 Å². The Balaban J connectivity index is 2.31.